The van der Waals surface area contributed by atoms with Gasteiger partial charge in [-0.05, 0) is 41.3 Å². The molecular formula is C16H15FO. The molecule has 0 aliphatic carbocycles. The van der Waals surface area contributed by atoms with Crippen LogP contribution in [0.3, 0.4) is 0 Å². The highest BCUT2D eigenvalue weighted by atomic mass is 19.1. The number of hydrogen-bond acceptors (Lipinski definition) is 1. The third-order valence-electron chi connectivity index (χ3n) is 2.92. The second-order valence-corrected chi connectivity index (χ2v) is 4.30. The normalized spacial score (nSPS) is 10.3. The quantitative estimate of drug-likeness (QED) is 0.732. The molecular weight excluding hydrogens is 227 g/mol. The molecule has 0 saturated heterocycles. The Bertz CT molecular complexity index is 561. The molecule has 92 valence electrons. The fourth-order valence-corrected chi connectivity index (χ4v) is 2.06. The van der Waals surface area contributed by atoms with E-state index in [0.717, 1.165) is 24.7 Å². The van der Waals surface area contributed by atoms with Crippen LogP contribution >= 0.6 is 0 Å². The average molecular weight is 242 g/mol. The highest BCUT2D eigenvalue weighted by Crippen LogP contribution is 2.25. The zero-order valence-corrected chi connectivity index (χ0v) is 10.3. The van der Waals surface area contributed by atoms with Crippen LogP contribution in [0, 0.1) is 5.82 Å². The minimum atomic E-state index is -0.323. The third-order valence-corrected chi connectivity index (χ3v) is 2.92. The summed E-state index contributed by atoms with van der Waals surface area (Å²) < 4.78 is 13.3. The molecule has 0 spiro atoms. The number of halogens is 1. The minimum Gasteiger partial charge on any atom is -0.298 e. The van der Waals surface area contributed by atoms with Crippen molar-refractivity contribution in [2.75, 3.05) is 0 Å². The van der Waals surface area contributed by atoms with Gasteiger partial charge >= 0.3 is 0 Å². The molecule has 0 N–H and O–H groups in total. The Morgan fingerprint density at radius 1 is 1.17 bits per heavy atom. The maximum atomic E-state index is 13.3. The number of hydrogen-bond donors (Lipinski definition) is 0. The van der Waals surface area contributed by atoms with Crippen LogP contribution in [0.15, 0.2) is 42.5 Å². The summed E-state index contributed by atoms with van der Waals surface area (Å²) in [5, 5.41) is 0. The first-order valence-corrected chi connectivity index (χ1v) is 6.08. The lowest BCUT2D eigenvalue weighted by Gasteiger charge is -2.07. The zero-order valence-electron chi connectivity index (χ0n) is 10.3. The summed E-state index contributed by atoms with van der Waals surface area (Å²) in [5.74, 6) is -0.323. The summed E-state index contributed by atoms with van der Waals surface area (Å²) in [4.78, 5) is 11.0. The SMILES string of the molecule is CCCc1cccc(-c2cc(F)ccc2C=O)c1. The molecule has 0 aliphatic rings. The van der Waals surface area contributed by atoms with Crippen molar-refractivity contribution in [3.05, 3.63) is 59.4 Å². The lowest BCUT2D eigenvalue weighted by molar-refractivity contribution is 0.112. The molecule has 0 bridgehead atoms. The van der Waals surface area contributed by atoms with Crippen molar-refractivity contribution in [2.24, 2.45) is 0 Å². The molecule has 18 heavy (non-hydrogen) atoms. The van der Waals surface area contributed by atoms with Crippen molar-refractivity contribution in [1.82, 2.24) is 0 Å². The van der Waals surface area contributed by atoms with Crippen LogP contribution in [-0.2, 0) is 6.42 Å². The van der Waals surface area contributed by atoms with Crippen LogP contribution < -0.4 is 0 Å². The number of benzene rings is 2. The van der Waals surface area contributed by atoms with Gasteiger partial charge in [0.15, 0.2) is 6.29 Å². The Kier molecular flexibility index (Phi) is 3.88. The number of rotatable bonds is 4. The van der Waals surface area contributed by atoms with E-state index in [2.05, 4.69) is 6.92 Å². The van der Waals surface area contributed by atoms with E-state index in [1.807, 2.05) is 24.3 Å². The van der Waals surface area contributed by atoms with Gasteiger partial charge in [0, 0.05) is 5.56 Å². The molecule has 0 amide bonds. The van der Waals surface area contributed by atoms with Crippen LogP contribution in [-0.4, -0.2) is 6.29 Å². The molecule has 0 atom stereocenters. The summed E-state index contributed by atoms with van der Waals surface area (Å²) in [5.41, 5.74) is 3.27. The molecule has 2 heteroatoms. The zero-order chi connectivity index (χ0) is 13.0. The van der Waals surface area contributed by atoms with Crippen molar-refractivity contribution >= 4 is 6.29 Å². The molecule has 2 aromatic carbocycles. The summed E-state index contributed by atoms with van der Waals surface area (Å²) in [6.45, 7) is 2.12. The van der Waals surface area contributed by atoms with E-state index in [0.29, 0.717) is 11.1 Å². The van der Waals surface area contributed by atoms with Crippen LogP contribution in [0.25, 0.3) is 11.1 Å². The van der Waals surface area contributed by atoms with Crippen LogP contribution in [0.2, 0.25) is 0 Å². The number of aryl methyl sites for hydroxylation is 1. The second kappa shape index (κ2) is 5.58. The number of carbonyl (C=O) groups is 1. The standard InChI is InChI=1S/C16H15FO/c1-2-4-12-5-3-6-13(9-12)16-10-15(17)8-7-14(16)11-18/h3,5-11H,2,4H2,1H3. The second-order valence-electron chi connectivity index (χ2n) is 4.30. The van der Waals surface area contributed by atoms with E-state index >= 15 is 0 Å². The van der Waals surface area contributed by atoms with E-state index in [9.17, 15) is 9.18 Å². The van der Waals surface area contributed by atoms with Gasteiger partial charge in [0.25, 0.3) is 0 Å². The van der Waals surface area contributed by atoms with E-state index in [-0.39, 0.29) is 5.82 Å². The Balaban J connectivity index is 2.50. The fraction of sp³-hybridized carbons (Fsp3) is 0.188. The monoisotopic (exact) mass is 242 g/mol. The summed E-state index contributed by atoms with van der Waals surface area (Å²) in [6, 6.07) is 12.2. The molecule has 2 rings (SSSR count). The fourth-order valence-electron chi connectivity index (χ4n) is 2.06. The Morgan fingerprint density at radius 2 is 2.00 bits per heavy atom. The number of carbonyl (C=O) groups excluding carboxylic acids is 1. The molecule has 0 aromatic heterocycles. The van der Waals surface area contributed by atoms with Gasteiger partial charge in [0.05, 0.1) is 0 Å². The highest BCUT2D eigenvalue weighted by molar-refractivity contribution is 5.87. The van der Waals surface area contributed by atoms with E-state index in [4.69, 9.17) is 0 Å². The molecule has 0 radical (unpaired) electrons. The molecule has 0 saturated carbocycles. The van der Waals surface area contributed by atoms with Gasteiger partial charge in [0.2, 0.25) is 0 Å². The van der Waals surface area contributed by atoms with Crippen molar-refractivity contribution in [3.63, 3.8) is 0 Å². The maximum absolute atomic E-state index is 13.3. The van der Waals surface area contributed by atoms with Crippen LogP contribution in [0.5, 0.6) is 0 Å². The van der Waals surface area contributed by atoms with Gasteiger partial charge in [-0.1, -0.05) is 37.6 Å². The lowest BCUT2D eigenvalue weighted by Crippen LogP contribution is -1.91. The van der Waals surface area contributed by atoms with Crippen LogP contribution in [0.4, 0.5) is 4.39 Å². The first-order valence-electron chi connectivity index (χ1n) is 6.08. The Labute approximate surface area is 106 Å². The largest absolute Gasteiger partial charge is 0.298 e. The first kappa shape index (κ1) is 12.5. The van der Waals surface area contributed by atoms with Gasteiger partial charge in [-0.15, -0.1) is 0 Å². The average Bonchev–Trinajstić information content (AvgIpc) is 2.39. The Morgan fingerprint density at radius 3 is 2.72 bits per heavy atom. The first-order chi connectivity index (χ1) is 8.74. The molecule has 0 heterocycles. The van der Waals surface area contributed by atoms with Crippen molar-refractivity contribution in [2.45, 2.75) is 19.8 Å². The predicted molar refractivity (Wildman–Crippen MR) is 71.2 cm³/mol. The van der Waals surface area contributed by atoms with Gasteiger partial charge in [-0.2, -0.15) is 0 Å². The van der Waals surface area contributed by atoms with E-state index in [1.54, 1.807) is 0 Å². The van der Waals surface area contributed by atoms with Gasteiger partial charge < -0.3 is 0 Å². The van der Waals surface area contributed by atoms with Crippen molar-refractivity contribution < 1.29 is 9.18 Å². The summed E-state index contributed by atoms with van der Waals surface area (Å²) in [7, 11) is 0. The summed E-state index contributed by atoms with van der Waals surface area (Å²) in [6.07, 6.45) is 2.81. The lowest BCUT2D eigenvalue weighted by atomic mass is 9.97. The van der Waals surface area contributed by atoms with Gasteiger partial charge in [0.1, 0.15) is 5.82 Å². The number of aldehydes is 1. The molecule has 0 fully saturated rings. The van der Waals surface area contributed by atoms with Gasteiger partial charge in [-0.3, -0.25) is 4.79 Å². The predicted octanol–water partition coefficient (Wildman–Crippen LogP) is 4.26. The van der Waals surface area contributed by atoms with E-state index in [1.165, 1.54) is 23.8 Å². The van der Waals surface area contributed by atoms with Gasteiger partial charge in [-0.25, -0.2) is 4.39 Å². The molecule has 1 nitrogen and oxygen atoms in total. The summed E-state index contributed by atoms with van der Waals surface area (Å²) >= 11 is 0. The van der Waals surface area contributed by atoms with E-state index < -0.39 is 0 Å². The maximum Gasteiger partial charge on any atom is 0.150 e. The molecule has 0 unspecified atom stereocenters. The smallest absolute Gasteiger partial charge is 0.150 e. The third kappa shape index (κ3) is 2.65. The highest BCUT2D eigenvalue weighted by Gasteiger charge is 2.06. The minimum absolute atomic E-state index is 0.323. The topological polar surface area (TPSA) is 17.1 Å². The Hall–Kier alpha value is -1.96. The molecule has 2 aromatic rings. The molecule has 0 aliphatic heterocycles. The van der Waals surface area contributed by atoms with Crippen LogP contribution in [0.1, 0.15) is 29.3 Å². The van der Waals surface area contributed by atoms with Crippen molar-refractivity contribution in [3.8, 4) is 11.1 Å². The van der Waals surface area contributed by atoms with Crippen molar-refractivity contribution in [1.29, 1.82) is 0 Å².